The van der Waals surface area contributed by atoms with E-state index in [9.17, 15) is 29.5 Å². The first-order valence-electron chi connectivity index (χ1n) is 23.3. The number of allylic oxidation sites excluding steroid dienone is 1. The minimum atomic E-state index is -1.62. The van der Waals surface area contributed by atoms with E-state index < -0.39 is 46.4 Å². The van der Waals surface area contributed by atoms with E-state index in [1.807, 2.05) is 36.4 Å². The van der Waals surface area contributed by atoms with E-state index in [1.165, 1.54) is 30.3 Å². The van der Waals surface area contributed by atoms with Crippen LogP contribution in [0.4, 0.5) is 14.9 Å². The van der Waals surface area contributed by atoms with Crippen molar-refractivity contribution in [2.24, 2.45) is 22.9 Å². The second-order valence-electron chi connectivity index (χ2n) is 17.2. The number of rotatable bonds is 22. The van der Waals surface area contributed by atoms with Gasteiger partial charge in [0.1, 0.15) is 30.0 Å². The molecule has 0 saturated heterocycles. The van der Waals surface area contributed by atoms with Crippen molar-refractivity contribution in [3.63, 3.8) is 0 Å². The fourth-order valence-corrected chi connectivity index (χ4v) is 9.86. The second kappa shape index (κ2) is 23.4. The Kier molecular flexibility index (Phi) is 16.9. The topological polar surface area (TPSA) is 182 Å². The highest BCUT2D eigenvalue weighted by Crippen LogP contribution is 2.62. The van der Waals surface area contributed by atoms with Gasteiger partial charge in [-0.15, -0.1) is 6.58 Å². The van der Waals surface area contributed by atoms with Gasteiger partial charge in [0.2, 0.25) is 11.7 Å². The Balaban J connectivity index is 1.46. The van der Waals surface area contributed by atoms with E-state index in [4.69, 9.17) is 24.2 Å². The van der Waals surface area contributed by atoms with E-state index >= 15 is 4.79 Å². The molecule has 0 radical (unpaired) electrons. The number of nitro groups is 1. The number of unbranched alkanes of at least 4 members (excludes halogenated alkanes) is 2. The first-order chi connectivity index (χ1) is 33.1. The lowest BCUT2D eigenvalue weighted by Gasteiger charge is -2.60. The van der Waals surface area contributed by atoms with Crippen LogP contribution in [0.2, 0.25) is 0 Å². The molecule has 3 aliphatic rings. The van der Waals surface area contributed by atoms with Crippen LogP contribution < -0.4 is 14.8 Å². The number of hydrogen-bond acceptors (Lipinski definition) is 11. The Hall–Kier alpha value is -6.68. The third kappa shape index (κ3) is 11.5. The van der Waals surface area contributed by atoms with Crippen LogP contribution in [0.5, 0.6) is 11.5 Å². The van der Waals surface area contributed by atoms with Gasteiger partial charge in [0.05, 0.1) is 23.2 Å². The van der Waals surface area contributed by atoms with Gasteiger partial charge in [-0.1, -0.05) is 72.6 Å². The molecule has 0 spiro atoms. The Bertz CT molecular complexity index is 2460. The summed E-state index contributed by atoms with van der Waals surface area (Å²) in [6.07, 6.45) is 10.3. The molecule has 3 N–H and O–H groups in total. The van der Waals surface area contributed by atoms with Crippen molar-refractivity contribution in [2.45, 2.75) is 82.8 Å². The molecule has 1 aliphatic heterocycles. The van der Waals surface area contributed by atoms with Gasteiger partial charge in [0.25, 0.3) is 5.69 Å². The maximum atomic E-state index is 15.1. The molecular formula is C53H59FN4O10. The third-order valence-corrected chi connectivity index (χ3v) is 12.9. The van der Waals surface area contributed by atoms with Crippen molar-refractivity contribution in [1.82, 2.24) is 10.2 Å². The van der Waals surface area contributed by atoms with E-state index in [0.29, 0.717) is 60.6 Å². The summed E-state index contributed by atoms with van der Waals surface area (Å²) in [6.45, 7) is 6.39. The second-order valence-corrected chi connectivity index (χ2v) is 17.2. The van der Waals surface area contributed by atoms with Crippen molar-refractivity contribution in [3.05, 3.63) is 166 Å². The first-order valence-corrected chi connectivity index (χ1v) is 23.3. The molecule has 1 saturated carbocycles. The van der Waals surface area contributed by atoms with Gasteiger partial charge in [-0.3, -0.25) is 14.9 Å². The van der Waals surface area contributed by atoms with Gasteiger partial charge in [-0.2, -0.15) is 0 Å². The number of ether oxygens (including phenoxy) is 3. The number of benzene rings is 4. The molecule has 358 valence electrons. The average molecular weight is 931 g/mol. The van der Waals surface area contributed by atoms with Crippen LogP contribution in [0.1, 0.15) is 80.0 Å². The number of halogens is 1. The molecule has 68 heavy (non-hydrogen) atoms. The number of nitro benzene ring substituents is 1. The maximum Gasteiger partial charge on any atom is 0.412 e. The number of hydrogen-bond donors (Lipinski definition) is 3. The predicted octanol–water partition coefficient (Wildman–Crippen LogP) is 9.42. The summed E-state index contributed by atoms with van der Waals surface area (Å²) in [5, 5.41) is 39.0. The highest BCUT2D eigenvalue weighted by Gasteiger charge is 2.65. The van der Waals surface area contributed by atoms with Crippen LogP contribution in [-0.2, 0) is 27.5 Å². The normalized spacial score (nSPS) is 22.0. The zero-order valence-corrected chi connectivity index (χ0v) is 38.2. The highest BCUT2D eigenvalue weighted by atomic mass is 19.1. The molecule has 1 heterocycles. The molecule has 0 aromatic heterocycles. The van der Waals surface area contributed by atoms with E-state index in [1.54, 1.807) is 60.4 Å². The van der Waals surface area contributed by atoms with Crippen molar-refractivity contribution in [3.8, 4) is 11.5 Å². The number of nitrogens with one attached hydrogen (secondary N) is 1. The van der Waals surface area contributed by atoms with Crippen LogP contribution in [0, 0.1) is 33.7 Å². The molecular weight excluding hydrogens is 872 g/mol. The van der Waals surface area contributed by atoms with Crippen LogP contribution in [0.25, 0.3) is 6.08 Å². The van der Waals surface area contributed by atoms with Crippen LogP contribution in [0.15, 0.2) is 133 Å². The quantitative estimate of drug-likeness (QED) is 0.0226. The first kappa shape index (κ1) is 49.2. The van der Waals surface area contributed by atoms with Crippen LogP contribution in [-0.4, -0.2) is 75.9 Å². The van der Waals surface area contributed by atoms with Gasteiger partial charge in [-0.25, -0.2) is 9.18 Å². The minimum Gasteiger partial charge on any atom is -0.459 e. The van der Waals surface area contributed by atoms with Gasteiger partial charge in [-0.05, 0) is 115 Å². The average Bonchev–Trinajstić information content (AvgIpc) is 3.34. The largest absolute Gasteiger partial charge is 0.459 e. The van der Waals surface area contributed by atoms with E-state index in [-0.39, 0.29) is 56.9 Å². The molecule has 0 bridgehead atoms. The number of oxime groups is 1. The zero-order valence-electron chi connectivity index (χ0n) is 38.2. The van der Waals surface area contributed by atoms with E-state index in [2.05, 4.69) is 18.0 Å². The molecule has 15 heteroatoms. The van der Waals surface area contributed by atoms with Crippen molar-refractivity contribution in [1.29, 1.82) is 0 Å². The Morgan fingerprint density at radius 3 is 2.41 bits per heavy atom. The summed E-state index contributed by atoms with van der Waals surface area (Å²) in [5.74, 6) is -2.98. The Morgan fingerprint density at radius 1 is 0.985 bits per heavy atom. The molecule has 1 fully saturated rings. The standard InChI is InChI=1S/C53H59FN4O10/c1-3-30-65-53-48(57(34-37-16-21-40(54)22-17-37)49(61)27-20-36-18-23-41(24-19-36)58(63)64)33-46(56-66-35-38-12-6-5-7-13-38)44-31-39(14-8-10-28-59)43(15-9-11-29-60)50(51(44)53)45-32-42(25-26-47(45)68-53)67-52(62)55-4-2/h3,5-7,12-13,16-27,31-32,39,43,48,50-51,59-60H,1,4,8-11,14-15,28-30,33-35H2,2H3,(H,55,62)/t39-,43+,48-,50+,51+,53+/m0/s1. The van der Waals surface area contributed by atoms with Crippen molar-refractivity contribution < 1.29 is 48.2 Å². The summed E-state index contributed by atoms with van der Waals surface area (Å²) < 4.78 is 34.7. The number of amides is 2. The van der Waals surface area contributed by atoms with Gasteiger partial charge in [0, 0.05) is 62.4 Å². The monoisotopic (exact) mass is 930 g/mol. The lowest BCUT2D eigenvalue weighted by molar-refractivity contribution is -0.384. The zero-order chi connectivity index (χ0) is 48.0. The van der Waals surface area contributed by atoms with Gasteiger partial charge in [0.15, 0.2) is 0 Å². The van der Waals surface area contributed by atoms with Crippen molar-refractivity contribution in [2.75, 3.05) is 26.4 Å². The summed E-state index contributed by atoms with van der Waals surface area (Å²) in [6, 6.07) is 25.7. The number of nitrogens with zero attached hydrogens (tertiary/aromatic N) is 3. The number of aliphatic hydroxyl groups excluding tert-OH is 2. The Labute approximate surface area is 395 Å². The SMILES string of the molecule is C=CCO[C@@]12Oc3ccc(OC(=O)NCC)cc3[C@H]3[C@H](CCCCO)[C@@H](CCCCO)C=C(C(=NOCc4ccccc4)C[C@@H]1N(Cc1ccc(F)cc1)C(=O)C=Cc1ccc([N+](=O)[O-])cc1)[C@H]32. The van der Waals surface area contributed by atoms with Gasteiger partial charge < -0.3 is 39.5 Å². The fourth-order valence-electron chi connectivity index (χ4n) is 9.86. The summed E-state index contributed by atoms with van der Waals surface area (Å²) >= 11 is 0. The molecule has 0 unspecified atom stereocenters. The molecule has 14 nitrogen and oxygen atoms in total. The lowest BCUT2D eigenvalue weighted by atomic mass is 9.55. The molecule has 7 rings (SSSR count). The molecule has 2 amide bonds. The number of carbonyl (C=O) groups is 2. The number of non-ortho nitro benzene ring substituents is 1. The molecule has 2 aliphatic carbocycles. The summed E-state index contributed by atoms with van der Waals surface area (Å²) in [4.78, 5) is 46.8. The van der Waals surface area contributed by atoms with Gasteiger partial charge >= 0.3 is 6.09 Å². The number of fused-ring (bicyclic) bond motifs is 2. The van der Waals surface area contributed by atoms with Crippen LogP contribution >= 0.6 is 0 Å². The molecule has 6 atom stereocenters. The lowest BCUT2D eigenvalue weighted by Crippen LogP contribution is -2.70. The third-order valence-electron chi connectivity index (χ3n) is 12.9. The Morgan fingerprint density at radius 2 is 1.72 bits per heavy atom. The van der Waals surface area contributed by atoms with E-state index in [0.717, 1.165) is 29.5 Å². The summed E-state index contributed by atoms with van der Waals surface area (Å²) in [7, 11) is 0. The number of carbonyl (C=O) groups excluding carboxylic acids is 2. The highest BCUT2D eigenvalue weighted by molar-refractivity contribution is 6.03. The molecule has 4 aromatic carbocycles. The minimum absolute atomic E-state index is 0.0125. The summed E-state index contributed by atoms with van der Waals surface area (Å²) in [5.41, 5.74) is 4.12. The fraction of sp³-hybridized carbons (Fsp3) is 0.377. The van der Waals surface area contributed by atoms with Crippen molar-refractivity contribution >= 4 is 29.5 Å². The number of aliphatic hydroxyl groups is 2. The van der Waals surface area contributed by atoms with Crippen LogP contribution in [0.3, 0.4) is 0 Å². The predicted molar refractivity (Wildman–Crippen MR) is 255 cm³/mol. The maximum absolute atomic E-state index is 15.1. The molecule has 4 aromatic rings. The smallest absolute Gasteiger partial charge is 0.412 e.